The van der Waals surface area contributed by atoms with Gasteiger partial charge in [0.25, 0.3) is 0 Å². The number of benzene rings is 2. The summed E-state index contributed by atoms with van der Waals surface area (Å²) in [6, 6.07) is 10.7. The third kappa shape index (κ3) is 3.22. The summed E-state index contributed by atoms with van der Waals surface area (Å²) in [6.07, 6.45) is -0.148. The normalized spacial score (nSPS) is 10.6. The molecule has 1 aromatic heterocycles. The largest absolute Gasteiger partial charge is 0.487 e. The van der Waals surface area contributed by atoms with Crippen LogP contribution in [0, 0.1) is 5.82 Å². The van der Waals surface area contributed by atoms with Gasteiger partial charge in [-0.3, -0.25) is 0 Å². The molecule has 24 heavy (non-hydrogen) atoms. The molecule has 0 atom stereocenters. The van der Waals surface area contributed by atoms with Gasteiger partial charge < -0.3 is 19.6 Å². The maximum Gasteiger partial charge on any atom is 0.444 e. The topological polar surface area (TPSA) is 92.5 Å². The van der Waals surface area contributed by atoms with Crippen LogP contribution in [0.2, 0.25) is 0 Å². The van der Waals surface area contributed by atoms with Crippen LogP contribution in [0.15, 0.2) is 51.7 Å². The zero-order valence-electron chi connectivity index (χ0n) is 12.7. The van der Waals surface area contributed by atoms with Crippen molar-refractivity contribution in [2.75, 3.05) is 12.8 Å². The molecule has 0 aliphatic heterocycles. The number of nitrogens with zero attached hydrogens (tertiary/aromatic N) is 2. The van der Waals surface area contributed by atoms with Crippen LogP contribution in [-0.2, 0) is 6.61 Å². The van der Waals surface area contributed by atoms with E-state index in [0.717, 1.165) is 10.2 Å². The van der Waals surface area contributed by atoms with E-state index in [1.54, 1.807) is 30.3 Å². The molecule has 0 saturated carbocycles. The molecule has 3 rings (SSSR count). The minimum atomic E-state index is -0.693. The molecule has 1 heterocycles. The average molecular weight is 331 g/mol. The Morgan fingerprint density at radius 2 is 2.00 bits per heavy atom. The number of hydrogen-bond acceptors (Lipinski definition) is 6. The maximum absolute atomic E-state index is 12.9. The van der Waals surface area contributed by atoms with E-state index >= 15 is 0 Å². The predicted octanol–water partition coefficient (Wildman–Crippen LogP) is 2.13. The number of halogens is 1. The molecule has 0 bridgehead atoms. The van der Waals surface area contributed by atoms with Crippen molar-refractivity contribution in [2.24, 2.45) is 0 Å². The smallest absolute Gasteiger partial charge is 0.444 e. The quantitative estimate of drug-likeness (QED) is 0.720. The Kier molecular flexibility index (Phi) is 4.19. The van der Waals surface area contributed by atoms with Crippen LogP contribution in [0.4, 0.5) is 10.1 Å². The van der Waals surface area contributed by atoms with E-state index in [9.17, 15) is 9.18 Å². The van der Waals surface area contributed by atoms with E-state index in [1.807, 2.05) is 0 Å². The molecule has 2 N–H and O–H groups in total. The second kappa shape index (κ2) is 6.45. The molecule has 8 heteroatoms. The maximum atomic E-state index is 12.9. The van der Waals surface area contributed by atoms with Crippen LogP contribution in [0.5, 0.6) is 11.8 Å². The molecule has 0 unspecified atom stereocenters. The molecule has 0 amide bonds. The van der Waals surface area contributed by atoms with E-state index < -0.39 is 5.76 Å². The summed E-state index contributed by atoms with van der Waals surface area (Å²) in [7, 11) is 1.34. The second-order valence-electron chi connectivity index (χ2n) is 4.89. The van der Waals surface area contributed by atoms with E-state index in [1.165, 1.54) is 19.2 Å². The van der Waals surface area contributed by atoms with Gasteiger partial charge in [-0.25, -0.2) is 9.18 Å². The Bertz CT molecular complexity index is 902. The lowest BCUT2D eigenvalue weighted by molar-refractivity contribution is 0.282. The van der Waals surface area contributed by atoms with Crippen LogP contribution in [0.1, 0.15) is 5.56 Å². The Labute approximate surface area is 136 Å². The zero-order chi connectivity index (χ0) is 17.1. The van der Waals surface area contributed by atoms with E-state index in [-0.39, 0.29) is 18.5 Å². The Morgan fingerprint density at radius 3 is 2.67 bits per heavy atom. The average Bonchev–Trinajstić information content (AvgIpc) is 2.97. The molecule has 0 fully saturated rings. The lowest BCUT2D eigenvalue weighted by Crippen LogP contribution is -2.13. The van der Waals surface area contributed by atoms with E-state index in [4.69, 9.17) is 19.6 Å². The predicted molar refractivity (Wildman–Crippen MR) is 83.8 cm³/mol. The van der Waals surface area contributed by atoms with Crippen LogP contribution >= 0.6 is 0 Å². The standard InChI is InChI=1S/C16H14FN3O4/c1-22-15-19-20(16(21)24-15)12-6-7-13(18)14(8-12)23-9-10-2-4-11(17)5-3-10/h2-8H,9,18H2,1H3. The first-order chi connectivity index (χ1) is 11.6. The van der Waals surface area contributed by atoms with E-state index in [0.29, 0.717) is 17.1 Å². The molecule has 0 spiro atoms. The lowest BCUT2D eigenvalue weighted by atomic mass is 10.2. The fourth-order valence-corrected chi connectivity index (χ4v) is 2.03. The fraction of sp³-hybridized carbons (Fsp3) is 0.125. The number of rotatable bonds is 5. The van der Waals surface area contributed by atoms with Crippen molar-refractivity contribution in [3.05, 3.63) is 64.4 Å². The summed E-state index contributed by atoms with van der Waals surface area (Å²) >= 11 is 0. The number of aromatic nitrogens is 2. The summed E-state index contributed by atoms with van der Waals surface area (Å²) in [5.74, 6) is -0.647. The van der Waals surface area contributed by atoms with Gasteiger partial charge in [0.2, 0.25) is 0 Å². The van der Waals surface area contributed by atoms with Gasteiger partial charge in [0.15, 0.2) is 0 Å². The molecule has 0 saturated heterocycles. The molecule has 7 nitrogen and oxygen atoms in total. The van der Waals surface area contributed by atoms with Gasteiger partial charge in [0.05, 0.1) is 18.5 Å². The van der Waals surface area contributed by atoms with Crippen molar-refractivity contribution >= 4 is 5.69 Å². The molecule has 3 aromatic rings. The highest BCUT2D eigenvalue weighted by Crippen LogP contribution is 2.25. The number of anilines is 1. The molecular weight excluding hydrogens is 317 g/mol. The Morgan fingerprint density at radius 1 is 1.25 bits per heavy atom. The zero-order valence-corrected chi connectivity index (χ0v) is 12.7. The van der Waals surface area contributed by atoms with Crippen LogP contribution in [-0.4, -0.2) is 16.9 Å². The third-order valence-electron chi connectivity index (χ3n) is 3.25. The molecule has 0 radical (unpaired) electrons. The highest BCUT2D eigenvalue weighted by molar-refractivity contribution is 5.57. The summed E-state index contributed by atoms with van der Waals surface area (Å²) in [4.78, 5) is 11.8. The van der Waals surface area contributed by atoms with Gasteiger partial charge in [-0.2, -0.15) is 4.68 Å². The van der Waals surface area contributed by atoms with Crippen LogP contribution < -0.4 is 21.0 Å². The van der Waals surface area contributed by atoms with Gasteiger partial charge in [-0.05, 0) is 29.8 Å². The summed E-state index contributed by atoms with van der Waals surface area (Å²) < 4.78 is 29.2. The SMILES string of the molecule is COc1nn(-c2ccc(N)c(OCc3ccc(F)cc3)c2)c(=O)o1. The lowest BCUT2D eigenvalue weighted by Gasteiger charge is -2.10. The second-order valence-corrected chi connectivity index (χ2v) is 4.89. The minimum absolute atomic E-state index is 0.148. The number of nitrogen functional groups attached to an aromatic ring is 1. The summed E-state index contributed by atoms with van der Waals surface area (Å²) in [5, 5.41) is 3.87. The van der Waals surface area contributed by atoms with Crippen molar-refractivity contribution in [3.8, 4) is 17.5 Å². The van der Waals surface area contributed by atoms with Gasteiger partial charge in [-0.15, -0.1) is 0 Å². The first kappa shape index (κ1) is 15.6. The highest BCUT2D eigenvalue weighted by Gasteiger charge is 2.12. The first-order valence-corrected chi connectivity index (χ1v) is 6.98. The molecular formula is C16H14FN3O4. The van der Waals surface area contributed by atoms with Crippen molar-refractivity contribution in [1.82, 2.24) is 9.78 Å². The molecule has 0 aliphatic rings. The van der Waals surface area contributed by atoms with Gasteiger partial charge in [-0.1, -0.05) is 17.2 Å². The van der Waals surface area contributed by atoms with Gasteiger partial charge in [0, 0.05) is 6.07 Å². The molecule has 2 aromatic carbocycles. The minimum Gasteiger partial charge on any atom is -0.487 e. The molecule has 124 valence electrons. The molecule has 0 aliphatic carbocycles. The fourth-order valence-electron chi connectivity index (χ4n) is 2.03. The number of methoxy groups -OCH3 is 1. The number of hydrogen-bond donors (Lipinski definition) is 1. The van der Waals surface area contributed by atoms with Crippen molar-refractivity contribution in [1.29, 1.82) is 0 Å². The van der Waals surface area contributed by atoms with Gasteiger partial charge >= 0.3 is 11.8 Å². The number of ether oxygens (including phenoxy) is 2. The Balaban J connectivity index is 1.84. The van der Waals surface area contributed by atoms with Crippen LogP contribution in [0.3, 0.4) is 0 Å². The monoisotopic (exact) mass is 331 g/mol. The van der Waals surface area contributed by atoms with Crippen molar-refractivity contribution in [2.45, 2.75) is 6.61 Å². The van der Waals surface area contributed by atoms with Crippen molar-refractivity contribution in [3.63, 3.8) is 0 Å². The highest BCUT2D eigenvalue weighted by atomic mass is 19.1. The van der Waals surface area contributed by atoms with E-state index in [2.05, 4.69) is 5.10 Å². The number of nitrogens with two attached hydrogens (primary N) is 1. The summed E-state index contributed by atoms with van der Waals surface area (Å²) in [6.45, 7) is 0.199. The van der Waals surface area contributed by atoms with Crippen molar-refractivity contribution < 1.29 is 18.3 Å². The van der Waals surface area contributed by atoms with Gasteiger partial charge in [0.1, 0.15) is 18.2 Å². The van der Waals surface area contributed by atoms with Crippen LogP contribution in [0.25, 0.3) is 5.69 Å². The first-order valence-electron chi connectivity index (χ1n) is 6.98. The third-order valence-corrected chi connectivity index (χ3v) is 3.25. The Hall–Kier alpha value is -3.29. The summed E-state index contributed by atoms with van der Waals surface area (Å²) in [5.41, 5.74) is 7.47.